The molecule has 4 aromatic rings. The number of carbonyl (C=O) groups excluding carboxylic acids is 1. The van der Waals surface area contributed by atoms with Gasteiger partial charge in [0.05, 0.1) is 30.6 Å². The molecular formula is C31H32FN3O3. The Balaban J connectivity index is 1.39. The molecule has 2 heterocycles. The Morgan fingerprint density at radius 3 is 2.53 bits per heavy atom. The molecule has 3 aromatic carbocycles. The maximum atomic E-state index is 13.6. The van der Waals surface area contributed by atoms with Gasteiger partial charge in [0, 0.05) is 22.9 Å². The number of hydrogen-bond donors (Lipinski definition) is 0. The number of hydrogen-bond acceptors (Lipinski definition) is 4. The molecule has 1 aromatic heterocycles. The van der Waals surface area contributed by atoms with Crippen molar-refractivity contribution < 1.29 is 18.7 Å². The van der Waals surface area contributed by atoms with Gasteiger partial charge in [-0.2, -0.15) is 5.10 Å². The molecule has 6 nitrogen and oxygen atoms in total. The number of halogens is 1. The second kappa shape index (κ2) is 8.86. The van der Waals surface area contributed by atoms with E-state index in [1.54, 1.807) is 30.1 Å². The molecule has 0 unspecified atom stereocenters. The lowest BCUT2D eigenvalue weighted by Gasteiger charge is -2.42. The Hall–Kier alpha value is -3.87. The first-order valence-electron chi connectivity index (χ1n) is 13.1. The molecule has 0 bridgehead atoms. The zero-order chi connectivity index (χ0) is 26.8. The maximum absolute atomic E-state index is 13.6. The third-order valence-electron chi connectivity index (χ3n) is 8.29. The van der Waals surface area contributed by atoms with Crippen LogP contribution in [0.4, 0.5) is 4.39 Å². The number of aromatic nitrogens is 2. The van der Waals surface area contributed by atoms with Crippen molar-refractivity contribution in [3.8, 4) is 17.2 Å². The van der Waals surface area contributed by atoms with E-state index in [1.807, 2.05) is 30.0 Å². The highest BCUT2D eigenvalue weighted by Gasteiger charge is 2.50. The molecule has 2 aliphatic rings. The summed E-state index contributed by atoms with van der Waals surface area (Å²) in [6.45, 7) is 8.80. The van der Waals surface area contributed by atoms with Gasteiger partial charge in [-0.3, -0.25) is 4.79 Å². The predicted octanol–water partition coefficient (Wildman–Crippen LogP) is 6.44. The van der Waals surface area contributed by atoms with Crippen molar-refractivity contribution in [2.24, 2.45) is 5.41 Å². The van der Waals surface area contributed by atoms with E-state index in [9.17, 15) is 9.18 Å². The minimum atomic E-state index is -0.335. The summed E-state index contributed by atoms with van der Waals surface area (Å²) >= 11 is 0. The van der Waals surface area contributed by atoms with Crippen LogP contribution in [-0.4, -0.2) is 33.7 Å². The second-order valence-electron chi connectivity index (χ2n) is 10.9. The van der Waals surface area contributed by atoms with Crippen molar-refractivity contribution in [3.05, 3.63) is 82.8 Å². The van der Waals surface area contributed by atoms with Gasteiger partial charge in [0.25, 0.3) is 0 Å². The first-order chi connectivity index (χ1) is 18.2. The van der Waals surface area contributed by atoms with Crippen molar-refractivity contribution in [1.29, 1.82) is 0 Å². The number of methoxy groups -OCH3 is 1. The topological polar surface area (TPSA) is 56.6 Å². The van der Waals surface area contributed by atoms with E-state index >= 15 is 0 Å². The summed E-state index contributed by atoms with van der Waals surface area (Å²) in [6, 6.07) is 14.1. The summed E-state index contributed by atoms with van der Waals surface area (Å²) in [7, 11) is 1.69. The van der Waals surface area contributed by atoms with Crippen LogP contribution in [-0.2, 0) is 11.3 Å². The highest BCUT2D eigenvalue weighted by atomic mass is 19.1. The van der Waals surface area contributed by atoms with E-state index < -0.39 is 0 Å². The van der Waals surface area contributed by atoms with Crippen LogP contribution in [0.2, 0.25) is 0 Å². The largest absolute Gasteiger partial charge is 0.496 e. The zero-order valence-electron chi connectivity index (χ0n) is 22.4. The molecule has 1 saturated carbocycles. The summed E-state index contributed by atoms with van der Waals surface area (Å²) in [5.41, 5.74) is 5.71. The van der Waals surface area contributed by atoms with E-state index in [2.05, 4.69) is 31.9 Å². The van der Waals surface area contributed by atoms with Crippen LogP contribution in [0.25, 0.3) is 16.6 Å². The number of fused-ring (bicyclic) bond motifs is 2. The number of rotatable bonds is 5. The molecule has 0 N–H and O–H groups in total. The monoisotopic (exact) mass is 513 g/mol. The van der Waals surface area contributed by atoms with Crippen molar-refractivity contribution in [1.82, 2.24) is 14.7 Å². The zero-order valence-corrected chi connectivity index (χ0v) is 22.4. The predicted molar refractivity (Wildman–Crippen MR) is 144 cm³/mol. The summed E-state index contributed by atoms with van der Waals surface area (Å²) in [5, 5.41) is 5.43. The molecule has 1 aliphatic carbocycles. The number of ether oxygens (including phenoxy) is 2. The van der Waals surface area contributed by atoms with Crippen molar-refractivity contribution in [2.45, 2.75) is 59.2 Å². The van der Waals surface area contributed by atoms with E-state index in [0.717, 1.165) is 57.4 Å². The first kappa shape index (κ1) is 24.5. The molecule has 0 spiro atoms. The lowest BCUT2D eigenvalue weighted by molar-refractivity contribution is -0.142. The highest BCUT2D eigenvalue weighted by molar-refractivity contribution is 5.86. The van der Waals surface area contributed by atoms with Gasteiger partial charge in [0.2, 0.25) is 5.91 Å². The summed E-state index contributed by atoms with van der Waals surface area (Å²) in [4.78, 5) is 15.6. The van der Waals surface area contributed by atoms with E-state index in [4.69, 9.17) is 9.47 Å². The lowest BCUT2D eigenvalue weighted by atomic mass is 9.86. The summed E-state index contributed by atoms with van der Waals surface area (Å²) in [5.74, 6) is 1.47. The normalized spacial score (nSPS) is 19.8. The van der Waals surface area contributed by atoms with Gasteiger partial charge >= 0.3 is 0 Å². The van der Waals surface area contributed by atoms with Crippen LogP contribution in [0, 0.1) is 25.1 Å². The molecule has 7 heteroatoms. The van der Waals surface area contributed by atoms with Gasteiger partial charge in [-0.25, -0.2) is 9.07 Å². The molecule has 1 fully saturated rings. The molecular weight excluding hydrogens is 481 g/mol. The van der Waals surface area contributed by atoms with Crippen LogP contribution in [0.3, 0.4) is 0 Å². The van der Waals surface area contributed by atoms with Crippen molar-refractivity contribution >= 4 is 16.8 Å². The summed E-state index contributed by atoms with van der Waals surface area (Å²) in [6.07, 6.45) is 3.31. The summed E-state index contributed by atoms with van der Waals surface area (Å²) < 4.78 is 27.6. The Kier molecular flexibility index (Phi) is 5.70. The lowest BCUT2D eigenvalue weighted by Crippen LogP contribution is -2.49. The molecule has 1 aliphatic heterocycles. The molecule has 6 rings (SSSR count). The van der Waals surface area contributed by atoms with Crippen LogP contribution in [0.5, 0.6) is 11.5 Å². The van der Waals surface area contributed by atoms with Gasteiger partial charge in [-0.1, -0.05) is 6.92 Å². The van der Waals surface area contributed by atoms with Crippen LogP contribution < -0.4 is 9.47 Å². The standard InChI is InChI=1S/C31H32FN3O3/c1-18-14-25-26(19(2)28(18)37-5)17-34(30(36)31(4)12-13-31)20(3)29(25)38-24-10-11-27-21(15-24)16-33-35(27)23-8-6-22(32)7-9-23/h6-11,14-16,20,29H,12-13,17H2,1-5H3/t20-,29-/m0/s1. The quantitative estimate of drug-likeness (QED) is 0.308. The Labute approximate surface area is 222 Å². The fourth-order valence-electron chi connectivity index (χ4n) is 5.74. The SMILES string of the molecule is COc1c(C)cc2c(c1C)CN(C(=O)C1(C)CC1)[C@@H](C)[C@@H]2Oc1ccc2c(cnn2-c2ccc(F)cc2)c1. The number of amides is 1. The number of aryl methyl sites for hydroxylation is 1. The highest BCUT2D eigenvalue weighted by Crippen LogP contribution is 2.49. The second-order valence-corrected chi connectivity index (χ2v) is 10.9. The first-order valence-corrected chi connectivity index (χ1v) is 13.1. The fraction of sp³-hybridized carbons (Fsp3) is 0.355. The van der Waals surface area contributed by atoms with Gasteiger partial charge in [-0.05, 0) is 98.8 Å². The average molecular weight is 514 g/mol. The number of benzene rings is 3. The number of carbonyl (C=O) groups is 1. The van der Waals surface area contributed by atoms with E-state index in [1.165, 1.54) is 12.1 Å². The molecule has 38 heavy (non-hydrogen) atoms. The van der Waals surface area contributed by atoms with Crippen LogP contribution in [0.1, 0.15) is 55.0 Å². The van der Waals surface area contributed by atoms with Gasteiger partial charge in [0.15, 0.2) is 0 Å². The Morgan fingerprint density at radius 2 is 1.84 bits per heavy atom. The van der Waals surface area contributed by atoms with Gasteiger partial charge in [0.1, 0.15) is 23.4 Å². The molecule has 0 radical (unpaired) electrons. The van der Waals surface area contributed by atoms with E-state index in [0.29, 0.717) is 12.3 Å². The Morgan fingerprint density at radius 1 is 1.11 bits per heavy atom. The molecule has 0 saturated heterocycles. The van der Waals surface area contributed by atoms with Gasteiger partial charge < -0.3 is 14.4 Å². The smallest absolute Gasteiger partial charge is 0.229 e. The third kappa shape index (κ3) is 3.92. The molecule has 2 atom stereocenters. The van der Waals surface area contributed by atoms with Gasteiger partial charge in [-0.15, -0.1) is 0 Å². The van der Waals surface area contributed by atoms with Crippen molar-refractivity contribution in [2.75, 3.05) is 7.11 Å². The maximum Gasteiger partial charge on any atom is 0.229 e. The fourth-order valence-corrected chi connectivity index (χ4v) is 5.74. The number of nitrogens with zero attached hydrogens (tertiary/aromatic N) is 3. The molecule has 196 valence electrons. The van der Waals surface area contributed by atoms with Crippen molar-refractivity contribution in [3.63, 3.8) is 0 Å². The van der Waals surface area contributed by atoms with Crippen LogP contribution in [0.15, 0.2) is 54.7 Å². The minimum absolute atomic E-state index is 0.141. The molecule has 1 amide bonds. The van der Waals surface area contributed by atoms with Crippen LogP contribution >= 0.6 is 0 Å². The third-order valence-corrected chi connectivity index (χ3v) is 8.29. The minimum Gasteiger partial charge on any atom is -0.496 e. The van der Waals surface area contributed by atoms with E-state index in [-0.39, 0.29) is 29.3 Å². The average Bonchev–Trinajstić information content (AvgIpc) is 3.52. The Bertz CT molecular complexity index is 1560.